The van der Waals surface area contributed by atoms with Gasteiger partial charge in [0.1, 0.15) is 23.9 Å². The zero-order valence-electron chi connectivity index (χ0n) is 13.5. The lowest BCUT2D eigenvalue weighted by molar-refractivity contribution is -0.147. The van der Waals surface area contributed by atoms with Crippen molar-refractivity contribution in [2.75, 3.05) is 7.11 Å². The van der Waals surface area contributed by atoms with Crippen LogP contribution in [0.5, 0.6) is 5.75 Å². The van der Waals surface area contributed by atoms with E-state index in [1.54, 1.807) is 16.8 Å². The Kier molecular flexibility index (Phi) is 5.08. The third kappa shape index (κ3) is 3.90. The lowest BCUT2D eigenvalue weighted by Gasteiger charge is -2.27. The van der Waals surface area contributed by atoms with E-state index in [-0.39, 0.29) is 30.4 Å². The fourth-order valence-electron chi connectivity index (χ4n) is 3.06. The number of esters is 1. The molecular formula is C17H20FN3O3. The first-order valence-electron chi connectivity index (χ1n) is 8.02. The predicted octanol–water partition coefficient (Wildman–Crippen LogP) is 2.90. The van der Waals surface area contributed by atoms with Gasteiger partial charge < -0.3 is 9.47 Å². The van der Waals surface area contributed by atoms with Crippen molar-refractivity contribution in [2.45, 2.75) is 38.3 Å². The number of halogens is 1. The highest BCUT2D eigenvalue weighted by molar-refractivity contribution is 5.72. The van der Waals surface area contributed by atoms with Gasteiger partial charge in [0.25, 0.3) is 0 Å². The highest BCUT2D eigenvalue weighted by atomic mass is 19.1. The van der Waals surface area contributed by atoms with Gasteiger partial charge in [0.05, 0.1) is 25.3 Å². The first kappa shape index (κ1) is 16.4. The van der Waals surface area contributed by atoms with Crippen LogP contribution in [0.4, 0.5) is 4.39 Å². The third-order valence-corrected chi connectivity index (χ3v) is 4.30. The zero-order chi connectivity index (χ0) is 16.9. The highest BCUT2D eigenvalue weighted by Crippen LogP contribution is 2.32. The number of hydrogen-bond acceptors (Lipinski definition) is 5. The molecule has 128 valence electrons. The van der Waals surface area contributed by atoms with E-state index in [1.165, 1.54) is 19.2 Å². The Labute approximate surface area is 139 Å². The van der Waals surface area contributed by atoms with Crippen LogP contribution in [-0.2, 0) is 16.1 Å². The minimum Gasteiger partial charge on any atom is -0.487 e. The third-order valence-electron chi connectivity index (χ3n) is 4.30. The molecule has 0 spiro atoms. The second-order valence-corrected chi connectivity index (χ2v) is 5.98. The van der Waals surface area contributed by atoms with E-state index >= 15 is 0 Å². The molecule has 1 aromatic heterocycles. The van der Waals surface area contributed by atoms with Gasteiger partial charge in [-0.15, -0.1) is 5.10 Å². The van der Waals surface area contributed by atoms with Gasteiger partial charge >= 0.3 is 5.97 Å². The van der Waals surface area contributed by atoms with Crippen LogP contribution in [0, 0.1) is 11.7 Å². The van der Waals surface area contributed by atoms with Crippen LogP contribution >= 0.6 is 0 Å². The van der Waals surface area contributed by atoms with E-state index < -0.39 is 0 Å². The normalized spacial score (nSPS) is 20.6. The van der Waals surface area contributed by atoms with Gasteiger partial charge in [-0.3, -0.25) is 4.79 Å². The fourth-order valence-corrected chi connectivity index (χ4v) is 3.06. The van der Waals surface area contributed by atoms with E-state index in [2.05, 4.69) is 10.3 Å². The number of carbonyl (C=O) groups excluding carboxylic acids is 1. The molecule has 1 aliphatic rings. The van der Waals surface area contributed by atoms with Crippen molar-refractivity contribution in [3.05, 3.63) is 42.0 Å². The molecule has 0 N–H and O–H groups in total. The van der Waals surface area contributed by atoms with E-state index in [9.17, 15) is 9.18 Å². The zero-order valence-corrected chi connectivity index (χ0v) is 13.5. The van der Waals surface area contributed by atoms with Crippen LogP contribution in [-0.4, -0.2) is 28.1 Å². The summed E-state index contributed by atoms with van der Waals surface area (Å²) in [6.07, 6.45) is 5.30. The topological polar surface area (TPSA) is 66.2 Å². The van der Waals surface area contributed by atoms with Crippen LogP contribution in [0.3, 0.4) is 0 Å². The second kappa shape index (κ2) is 7.42. The van der Waals surface area contributed by atoms with Crippen LogP contribution in [0.15, 0.2) is 30.5 Å². The molecule has 0 saturated heterocycles. The Bertz CT molecular complexity index is 704. The molecule has 0 bridgehead atoms. The van der Waals surface area contributed by atoms with Gasteiger partial charge in [-0.2, -0.15) is 0 Å². The quantitative estimate of drug-likeness (QED) is 0.787. The van der Waals surface area contributed by atoms with Crippen molar-refractivity contribution in [3.8, 4) is 5.75 Å². The smallest absolute Gasteiger partial charge is 0.308 e. The molecule has 1 aromatic carbocycles. The van der Waals surface area contributed by atoms with E-state index in [4.69, 9.17) is 9.47 Å². The number of methoxy groups -OCH3 is 1. The molecule has 1 heterocycles. The molecule has 1 fully saturated rings. The Morgan fingerprint density at radius 3 is 3.08 bits per heavy atom. The van der Waals surface area contributed by atoms with Crippen LogP contribution in [0.1, 0.15) is 37.4 Å². The molecular weight excluding hydrogens is 313 g/mol. The molecule has 2 unspecified atom stereocenters. The molecule has 0 radical (unpaired) electrons. The van der Waals surface area contributed by atoms with Gasteiger partial charge in [-0.25, -0.2) is 9.07 Å². The second-order valence-electron chi connectivity index (χ2n) is 5.98. The number of rotatable bonds is 5. The number of hydrogen-bond donors (Lipinski definition) is 0. The lowest BCUT2D eigenvalue weighted by atomic mass is 9.86. The largest absolute Gasteiger partial charge is 0.487 e. The maximum Gasteiger partial charge on any atom is 0.308 e. The summed E-state index contributed by atoms with van der Waals surface area (Å²) in [6, 6.07) is 6.11. The average molecular weight is 333 g/mol. The van der Waals surface area contributed by atoms with Gasteiger partial charge in [-0.1, -0.05) is 17.7 Å². The number of ether oxygens (including phenoxy) is 2. The summed E-state index contributed by atoms with van der Waals surface area (Å²) in [5.74, 6) is -0.125. The molecule has 2 atom stereocenters. The van der Waals surface area contributed by atoms with Crippen molar-refractivity contribution < 1.29 is 18.7 Å². The van der Waals surface area contributed by atoms with E-state index in [0.29, 0.717) is 17.9 Å². The fraction of sp³-hybridized carbons (Fsp3) is 0.471. The van der Waals surface area contributed by atoms with Gasteiger partial charge in [0, 0.05) is 6.07 Å². The van der Waals surface area contributed by atoms with Gasteiger partial charge in [0.15, 0.2) is 0 Å². The van der Waals surface area contributed by atoms with Crippen molar-refractivity contribution >= 4 is 5.97 Å². The van der Waals surface area contributed by atoms with Crippen molar-refractivity contribution in [1.29, 1.82) is 0 Å². The van der Waals surface area contributed by atoms with Crippen LogP contribution < -0.4 is 4.74 Å². The number of aromatic nitrogens is 3. The van der Waals surface area contributed by atoms with Gasteiger partial charge in [0.2, 0.25) is 0 Å². The summed E-state index contributed by atoms with van der Waals surface area (Å²) in [4.78, 5) is 11.7. The monoisotopic (exact) mass is 333 g/mol. The lowest BCUT2D eigenvalue weighted by Crippen LogP contribution is -2.26. The Balaban J connectivity index is 1.59. The molecule has 1 saturated carbocycles. The summed E-state index contributed by atoms with van der Waals surface area (Å²) in [6.45, 7) is 0.219. The first-order valence-corrected chi connectivity index (χ1v) is 8.02. The number of carbonyl (C=O) groups is 1. The Hall–Kier alpha value is -2.44. The minimum absolute atomic E-state index is 0.0788. The number of nitrogens with zero attached hydrogens (tertiary/aromatic N) is 3. The maximum absolute atomic E-state index is 13.1. The van der Waals surface area contributed by atoms with Crippen molar-refractivity contribution in [1.82, 2.24) is 15.0 Å². The molecule has 2 aromatic rings. The average Bonchev–Trinajstić information content (AvgIpc) is 3.08. The molecule has 0 amide bonds. The maximum atomic E-state index is 13.1. The summed E-state index contributed by atoms with van der Waals surface area (Å²) >= 11 is 0. The minimum atomic E-state index is -0.341. The van der Waals surface area contributed by atoms with E-state index in [1.807, 2.05) is 6.20 Å². The highest BCUT2D eigenvalue weighted by Gasteiger charge is 2.29. The summed E-state index contributed by atoms with van der Waals surface area (Å²) in [5.41, 5.74) is 0.666. The van der Waals surface area contributed by atoms with Crippen LogP contribution in [0.25, 0.3) is 0 Å². The van der Waals surface area contributed by atoms with Crippen LogP contribution in [0.2, 0.25) is 0 Å². The summed E-state index contributed by atoms with van der Waals surface area (Å²) in [5, 5.41) is 8.25. The first-order chi connectivity index (χ1) is 11.7. The molecule has 24 heavy (non-hydrogen) atoms. The molecule has 6 nitrogen and oxygen atoms in total. The van der Waals surface area contributed by atoms with Gasteiger partial charge in [-0.05, 0) is 31.4 Å². The Morgan fingerprint density at radius 2 is 2.29 bits per heavy atom. The Morgan fingerprint density at radius 1 is 1.42 bits per heavy atom. The molecule has 0 aliphatic heterocycles. The van der Waals surface area contributed by atoms with Crippen molar-refractivity contribution in [3.63, 3.8) is 0 Å². The summed E-state index contributed by atoms with van der Waals surface area (Å²) < 4.78 is 25.3. The predicted molar refractivity (Wildman–Crippen MR) is 83.8 cm³/mol. The molecule has 1 aliphatic carbocycles. The van der Waals surface area contributed by atoms with Crippen molar-refractivity contribution in [2.24, 2.45) is 5.92 Å². The summed E-state index contributed by atoms with van der Waals surface area (Å²) in [7, 11) is 1.42. The number of benzene rings is 1. The SMILES string of the molecule is COC(=O)C1CCCC(n2cc(COc3cccc(F)c3)nn2)C1. The molecule has 3 rings (SSSR count). The van der Waals surface area contributed by atoms with E-state index in [0.717, 1.165) is 19.3 Å². The standard InChI is InChI=1S/C17H20FN3O3/c1-23-17(22)12-4-2-6-15(8-12)21-10-14(19-20-21)11-24-16-7-3-5-13(18)9-16/h3,5,7,9-10,12,15H,2,4,6,8,11H2,1H3. The molecule has 7 heteroatoms.